The first-order valence-corrected chi connectivity index (χ1v) is 6.06. The molecule has 1 N–H and O–H groups in total. The van der Waals surface area contributed by atoms with E-state index >= 15 is 0 Å². The van der Waals surface area contributed by atoms with Crippen molar-refractivity contribution in [1.29, 1.82) is 0 Å². The Morgan fingerprint density at radius 3 is 2.33 bits per heavy atom. The normalized spacial score (nSPS) is 16.4. The summed E-state index contributed by atoms with van der Waals surface area (Å²) in [6.07, 6.45) is 1.01. The molecule has 2 atom stereocenters. The first kappa shape index (κ1) is 12.1. The fourth-order valence-electron chi connectivity index (χ4n) is 0.835. The van der Waals surface area contributed by atoms with Crippen molar-refractivity contribution in [3.8, 4) is 0 Å². The highest BCUT2D eigenvalue weighted by molar-refractivity contribution is 7.85. The molecule has 0 rings (SSSR count). The summed E-state index contributed by atoms with van der Waals surface area (Å²) in [6, 6.07) is 0.499. The molecule has 0 fully saturated rings. The predicted molar refractivity (Wildman–Crippen MR) is 55.9 cm³/mol. The van der Waals surface area contributed by atoms with Gasteiger partial charge in [0.2, 0.25) is 0 Å². The van der Waals surface area contributed by atoms with Crippen molar-refractivity contribution < 1.29 is 4.21 Å². The van der Waals surface area contributed by atoms with Crippen molar-refractivity contribution >= 4 is 10.8 Å². The van der Waals surface area contributed by atoms with E-state index in [0.717, 1.165) is 18.7 Å². The molecule has 0 amide bonds. The van der Waals surface area contributed by atoms with Gasteiger partial charge in [-0.15, -0.1) is 0 Å². The molecule has 0 spiro atoms. The molecule has 0 saturated heterocycles. The first-order valence-electron chi connectivity index (χ1n) is 4.68. The van der Waals surface area contributed by atoms with Gasteiger partial charge in [0.15, 0.2) is 0 Å². The Balaban J connectivity index is 3.44. The summed E-state index contributed by atoms with van der Waals surface area (Å²) in [5.74, 6) is 0.785. The third-order valence-electron chi connectivity index (χ3n) is 1.88. The van der Waals surface area contributed by atoms with Gasteiger partial charge in [-0.1, -0.05) is 27.7 Å². The SMILES string of the molecule is CCC(C)S(=O)CCNC(C)C. The first-order chi connectivity index (χ1) is 5.57. The van der Waals surface area contributed by atoms with Gasteiger partial charge >= 0.3 is 0 Å². The van der Waals surface area contributed by atoms with Crippen LogP contribution in [0.5, 0.6) is 0 Å². The minimum absolute atomic E-state index is 0.346. The number of nitrogens with one attached hydrogen (secondary N) is 1. The highest BCUT2D eigenvalue weighted by atomic mass is 32.2. The molecule has 0 saturated carbocycles. The minimum atomic E-state index is -0.644. The fourth-order valence-corrected chi connectivity index (χ4v) is 1.93. The van der Waals surface area contributed by atoms with E-state index in [1.165, 1.54) is 0 Å². The van der Waals surface area contributed by atoms with Crippen LogP contribution in [0.4, 0.5) is 0 Å². The van der Waals surface area contributed by atoms with E-state index < -0.39 is 10.8 Å². The van der Waals surface area contributed by atoms with E-state index in [4.69, 9.17) is 0 Å². The van der Waals surface area contributed by atoms with Crippen LogP contribution in [0.1, 0.15) is 34.1 Å². The zero-order valence-electron chi connectivity index (χ0n) is 8.59. The molecule has 0 aromatic heterocycles. The molecule has 0 aliphatic heterocycles. The lowest BCUT2D eigenvalue weighted by Gasteiger charge is -2.10. The maximum Gasteiger partial charge on any atom is 0.0362 e. The van der Waals surface area contributed by atoms with Crippen LogP contribution < -0.4 is 5.32 Å². The van der Waals surface area contributed by atoms with Crippen molar-refractivity contribution in [2.75, 3.05) is 12.3 Å². The summed E-state index contributed by atoms with van der Waals surface area (Å²) in [5, 5.41) is 3.61. The molecule has 2 nitrogen and oxygen atoms in total. The van der Waals surface area contributed by atoms with Crippen LogP contribution in [0.3, 0.4) is 0 Å². The van der Waals surface area contributed by atoms with Gasteiger partial charge < -0.3 is 5.32 Å². The summed E-state index contributed by atoms with van der Waals surface area (Å²) >= 11 is 0. The summed E-state index contributed by atoms with van der Waals surface area (Å²) in [4.78, 5) is 0. The van der Waals surface area contributed by atoms with Crippen molar-refractivity contribution in [2.24, 2.45) is 0 Å². The topological polar surface area (TPSA) is 29.1 Å². The highest BCUT2D eigenvalue weighted by Crippen LogP contribution is 1.99. The number of rotatable bonds is 6. The van der Waals surface area contributed by atoms with Crippen LogP contribution in [0.2, 0.25) is 0 Å². The summed E-state index contributed by atoms with van der Waals surface area (Å²) in [6.45, 7) is 9.21. The minimum Gasteiger partial charge on any atom is -0.314 e. The Hall–Kier alpha value is 0.110. The average molecular weight is 191 g/mol. The number of hydrogen-bond donors (Lipinski definition) is 1. The molecule has 12 heavy (non-hydrogen) atoms. The van der Waals surface area contributed by atoms with Gasteiger partial charge in [-0.05, 0) is 6.42 Å². The van der Waals surface area contributed by atoms with Crippen LogP contribution in [-0.2, 0) is 10.8 Å². The summed E-state index contributed by atoms with van der Waals surface area (Å²) < 4.78 is 11.4. The second-order valence-electron chi connectivity index (χ2n) is 3.41. The Morgan fingerprint density at radius 1 is 1.33 bits per heavy atom. The second kappa shape index (κ2) is 6.61. The molecule has 0 radical (unpaired) electrons. The van der Waals surface area contributed by atoms with E-state index in [9.17, 15) is 4.21 Å². The Morgan fingerprint density at radius 2 is 1.92 bits per heavy atom. The standard InChI is InChI=1S/C9H21NOS/c1-5-9(4)12(11)7-6-10-8(2)3/h8-10H,5-7H2,1-4H3. The molecule has 3 heteroatoms. The predicted octanol–water partition coefficient (Wildman–Crippen LogP) is 1.53. The number of hydrogen-bond acceptors (Lipinski definition) is 2. The Kier molecular flexibility index (Phi) is 6.67. The maximum absolute atomic E-state index is 11.4. The van der Waals surface area contributed by atoms with E-state index in [0.29, 0.717) is 11.3 Å². The molecule has 0 heterocycles. The van der Waals surface area contributed by atoms with Crippen LogP contribution in [-0.4, -0.2) is 27.8 Å². The molecule has 0 bridgehead atoms. The van der Waals surface area contributed by atoms with Gasteiger partial charge in [0, 0.05) is 34.4 Å². The van der Waals surface area contributed by atoms with Gasteiger partial charge in [0.25, 0.3) is 0 Å². The van der Waals surface area contributed by atoms with Gasteiger partial charge in [0.1, 0.15) is 0 Å². The third-order valence-corrected chi connectivity index (χ3v) is 3.72. The lowest BCUT2D eigenvalue weighted by Crippen LogP contribution is -2.29. The molecule has 0 aromatic rings. The smallest absolute Gasteiger partial charge is 0.0362 e. The average Bonchev–Trinajstić information content (AvgIpc) is 2.02. The zero-order chi connectivity index (χ0) is 9.56. The molecular weight excluding hydrogens is 170 g/mol. The Labute approximate surface area is 78.6 Å². The largest absolute Gasteiger partial charge is 0.314 e. The van der Waals surface area contributed by atoms with E-state index in [2.05, 4.69) is 26.1 Å². The van der Waals surface area contributed by atoms with Gasteiger partial charge in [-0.3, -0.25) is 4.21 Å². The lowest BCUT2D eigenvalue weighted by atomic mass is 10.4. The van der Waals surface area contributed by atoms with E-state index in [1.54, 1.807) is 0 Å². The van der Waals surface area contributed by atoms with Crippen molar-refractivity contribution in [3.05, 3.63) is 0 Å². The molecule has 0 aliphatic carbocycles. The molecule has 74 valence electrons. The van der Waals surface area contributed by atoms with Crippen molar-refractivity contribution in [1.82, 2.24) is 5.32 Å². The van der Waals surface area contributed by atoms with Gasteiger partial charge in [-0.2, -0.15) is 0 Å². The fraction of sp³-hybridized carbons (Fsp3) is 1.00. The van der Waals surface area contributed by atoms with Crippen LogP contribution >= 0.6 is 0 Å². The molecule has 0 aromatic carbocycles. The van der Waals surface area contributed by atoms with Gasteiger partial charge in [0.05, 0.1) is 0 Å². The van der Waals surface area contributed by atoms with Crippen molar-refractivity contribution in [2.45, 2.75) is 45.4 Å². The zero-order valence-corrected chi connectivity index (χ0v) is 9.41. The molecule has 0 aliphatic rings. The van der Waals surface area contributed by atoms with Gasteiger partial charge in [-0.25, -0.2) is 0 Å². The molecule has 2 unspecified atom stereocenters. The maximum atomic E-state index is 11.4. The quantitative estimate of drug-likeness (QED) is 0.690. The molecular formula is C9H21NOS. The second-order valence-corrected chi connectivity index (χ2v) is 5.39. The van der Waals surface area contributed by atoms with Crippen LogP contribution in [0, 0.1) is 0 Å². The third kappa shape index (κ3) is 5.72. The summed E-state index contributed by atoms with van der Waals surface area (Å²) in [7, 11) is -0.644. The van der Waals surface area contributed by atoms with E-state index in [-0.39, 0.29) is 0 Å². The summed E-state index contributed by atoms with van der Waals surface area (Å²) in [5.41, 5.74) is 0. The highest BCUT2D eigenvalue weighted by Gasteiger charge is 2.07. The Bertz CT molecular complexity index is 136. The van der Waals surface area contributed by atoms with E-state index in [1.807, 2.05) is 6.92 Å². The van der Waals surface area contributed by atoms with Crippen LogP contribution in [0.25, 0.3) is 0 Å². The van der Waals surface area contributed by atoms with Crippen molar-refractivity contribution in [3.63, 3.8) is 0 Å². The monoisotopic (exact) mass is 191 g/mol. The lowest BCUT2D eigenvalue weighted by molar-refractivity contribution is 0.608. The van der Waals surface area contributed by atoms with Crippen LogP contribution in [0.15, 0.2) is 0 Å².